The van der Waals surface area contributed by atoms with E-state index in [0.29, 0.717) is 10.7 Å². The molecule has 0 amide bonds. The first-order chi connectivity index (χ1) is 8.15. The molecule has 0 aromatic carbocycles. The Morgan fingerprint density at radius 3 is 2.76 bits per heavy atom. The minimum absolute atomic E-state index is 0.0449. The molecule has 0 saturated heterocycles. The lowest BCUT2D eigenvalue weighted by Gasteiger charge is -2.02. The van der Waals surface area contributed by atoms with Gasteiger partial charge in [-0.15, -0.1) is 0 Å². The molecule has 0 aliphatic carbocycles. The summed E-state index contributed by atoms with van der Waals surface area (Å²) in [5.74, 6) is -0.0449. The first kappa shape index (κ1) is 11.9. The van der Waals surface area contributed by atoms with Gasteiger partial charge in [-0.2, -0.15) is 0 Å². The highest BCUT2D eigenvalue weighted by molar-refractivity contribution is 7.99. The summed E-state index contributed by atoms with van der Waals surface area (Å²) >= 11 is 7.22. The van der Waals surface area contributed by atoms with Crippen molar-refractivity contribution in [3.8, 4) is 0 Å². The SMILES string of the molecule is N=C(N)c1cc(Sc2ccc(Cl)cn2)ccn1. The average Bonchev–Trinajstić information content (AvgIpc) is 2.32. The lowest BCUT2D eigenvalue weighted by molar-refractivity contribution is 1.13. The van der Waals surface area contributed by atoms with Gasteiger partial charge < -0.3 is 5.73 Å². The average molecular weight is 265 g/mol. The van der Waals surface area contributed by atoms with Crippen molar-refractivity contribution in [3.05, 3.63) is 47.4 Å². The van der Waals surface area contributed by atoms with Gasteiger partial charge in [-0.25, -0.2) is 4.98 Å². The van der Waals surface area contributed by atoms with E-state index in [-0.39, 0.29) is 5.84 Å². The van der Waals surface area contributed by atoms with Gasteiger partial charge in [0.2, 0.25) is 0 Å². The number of nitrogens with zero attached hydrogens (tertiary/aromatic N) is 2. The number of hydrogen-bond donors (Lipinski definition) is 2. The fourth-order valence-corrected chi connectivity index (χ4v) is 2.06. The fourth-order valence-electron chi connectivity index (χ4n) is 1.17. The van der Waals surface area contributed by atoms with E-state index in [0.717, 1.165) is 9.92 Å². The summed E-state index contributed by atoms with van der Waals surface area (Å²) < 4.78 is 0. The quantitative estimate of drug-likeness (QED) is 0.660. The molecule has 0 aliphatic rings. The van der Waals surface area contributed by atoms with Crippen LogP contribution in [0, 0.1) is 5.41 Å². The lowest BCUT2D eigenvalue weighted by atomic mass is 10.3. The van der Waals surface area contributed by atoms with Gasteiger partial charge in [0.25, 0.3) is 0 Å². The predicted molar refractivity (Wildman–Crippen MR) is 68.6 cm³/mol. The minimum Gasteiger partial charge on any atom is -0.382 e. The number of hydrogen-bond acceptors (Lipinski definition) is 4. The first-order valence-electron chi connectivity index (χ1n) is 4.75. The molecule has 0 atom stereocenters. The predicted octanol–water partition coefficient (Wildman–Crippen LogP) is 2.57. The molecule has 0 bridgehead atoms. The van der Waals surface area contributed by atoms with Crippen LogP contribution in [-0.4, -0.2) is 15.8 Å². The highest BCUT2D eigenvalue weighted by Crippen LogP contribution is 2.26. The molecule has 17 heavy (non-hydrogen) atoms. The zero-order valence-electron chi connectivity index (χ0n) is 8.72. The normalized spacial score (nSPS) is 10.2. The standard InChI is InChI=1S/C11H9ClN4S/c12-7-1-2-10(16-6-7)17-8-3-4-15-9(5-8)11(13)14/h1-6H,(H3,13,14). The number of aromatic nitrogens is 2. The topological polar surface area (TPSA) is 75.7 Å². The maximum atomic E-state index is 7.31. The van der Waals surface area contributed by atoms with Gasteiger partial charge in [-0.05, 0) is 24.3 Å². The fraction of sp³-hybridized carbons (Fsp3) is 0. The van der Waals surface area contributed by atoms with E-state index in [9.17, 15) is 0 Å². The van der Waals surface area contributed by atoms with Crippen LogP contribution in [0.2, 0.25) is 5.02 Å². The monoisotopic (exact) mass is 264 g/mol. The Morgan fingerprint density at radius 2 is 2.12 bits per heavy atom. The van der Waals surface area contributed by atoms with Crippen molar-refractivity contribution in [1.29, 1.82) is 5.41 Å². The zero-order valence-corrected chi connectivity index (χ0v) is 10.3. The Bertz CT molecular complexity index is 541. The van der Waals surface area contributed by atoms with Gasteiger partial charge in [0.05, 0.1) is 5.02 Å². The zero-order chi connectivity index (χ0) is 12.3. The molecule has 2 aromatic heterocycles. The summed E-state index contributed by atoms with van der Waals surface area (Å²) in [4.78, 5) is 9.09. The smallest absolute Gasteiger partial charge is 0.141 e. The summed E-state index contributed by atoms with van der Waals surface area (Å²) in [6, 6.07) is 7.21. The van der Waals surface area contributed by atoms with Gasteiger partial charge in [0.1, 0.15) is 16.6 Å². The summed E-state index contributed by atoms with van der Waals surface area (Å²) in [5, 5.41) is 8.75. The van der Waals surface area contributed by atoms with E-state index < -0.39 is 0 Å². The van der Waals surface area contributed by atoms with Gasteiger partial charge >= 0.3 is 0 Å². The van der Waals surface area contributed by atoms with E-state index in [2.05, 4.69) is 9.97 Å². The van der Waals surface area contributed by atoms with Crippen LogP contribution in [0.25, 0.3) is 0 Å². The van der Waals surface area contributed by atoms with Crippen LogP contribution in [0.3, 0.4) is 0 Å². The summed E-state index contributed by atoms with van der Waals surface area (Å²) in [6.45, 7) is 0. The number of amidine groups is 1. The van der Waals surface area contributed by atoms with Crippen molar-refractivity contribution in [2.24, 2.45) is 5.73 Å². The van der Waals surface area contributed by atoms with Crippen molar-refractivity contribution in [1.82, 2.24) is 9.97 Å². The van der Waals surface area contributed by atoms with Gasteiger partial charge in [-0.3, -0.25) is 10.4 Å². The van der Waals surface area contributed by atoms with E-state index in [1.54, 1.807) is 24.5 Å². The molecule has 0 radical (unpaired) electrons. The molecule has 0 fully saturated rings. The summed E-state index contributed by atoms with van der Waals surface area (Å²) in [7, 11) is 0. The number of rotatable bonds is 3. The third kappa shape index (κ3) is 3.18. The van der Waals surface area contributed by atoms with Crippen molar-refractivity contribution >= 4 is 29.2 Å². The number of nitrogens with one attached hydrogen (secondary N) is 1. The lowest BCUT2D eigenvalue weighted by Crippen LogP contribution is -2.12. The maximum absolute atomic E-state index is 7.31. The Labute approximate surface area is 108 Å². The van der Waals surface area contributed by atoms with Crippen LogP contribution < -0.4 is 5.73 Å². The molecule has 0 unspecified atom stereocenters. The Balaban J connectivity index is 2.21. The second kappa shape index (κ2) is 5.16. The van der Waals surface area contributed by atoms with E-state index in [1.807, 2.05) is 12.1 Å². The van der Waals surface area contributed by atoms with Crippen molar-refractivity contribution < 1.29 is 0 Å². The largest absolute Gasteiger partial charge is 0.382 e. The maximum Gasteiger partial charge on any atom is 0.141 e. The van der Waals surface area contributed by atoms with Gasteiger partial charge in [-0.1, -0.05) is 23.4 Å². The number of nitrogens with two attached hydrogens (primary N) is 1. The first-order valence-corrected chi connectivity index (χ1v) is 5.94. The highest BCUT2D eigenvalue weighted by Gasteiger charge is 2.02. The molecule has 2 aromatic rings. The number of halogens is 1. The minimum atomic E-state index is -0.0449. The molecule has 0 aliphatic heterocycles. The van der Waals surface area contributed by atoms with Crippen molar-refractivity contribution in [3.63, 3.8) is 0 Å². The Hall–Kier alpha value is -1.59. The molecule has 0 spiro atoms. The Morgan fingerprint density at radius 1 is 1.29 bits per heavy atom. The summed E-state index contributed by atoms with van der Waals surface area (Å²) in [5.41, 5.74) is 5.84. The van der Waals surface area contributed by atoms with Crippen LogP contribution >= 0.6 is 23.4 Å². The van der Waals surface area contributed by atoms with E-state index in [1.165, 1.54) is 11.8 Å². The second-order valence-electron chi connectivity index (χ2n) is 3.21. The highest BCUT2D eigenvalue weighted by atomic mass is 35.5. The van der Waals surface area contributed by atoms with Crippen molar-refractivity contribution in [2.45, 2.75) is 9.92 Å². The van der Waals surface area contributed by atoms with Crippen molar-refractivity contribution in [2.75, 3.05) is 0 Å². The third-order valence-corrected chi connectivity index (χ3v) is 3.09. The van der Waals surface area contributed by atoms with Crippen LogP contribution in [0.1, 0.15) is 5.69 Å². The van der Waals surface area contributed by atoms with E-state index in [4.69, 9.17) is 22.7 Å². The molecule has 4 nitrogen and oxygen atoms in total. The molecule has 6 heteroatoms. The molecule has 86 valence electrons. The number of pyridine rings is 2. The van der Waals surface area contributed by atoms with Crippen LogP contribution in [0.5, 0.6) is 0 Å². The van der Waals surface area contributed by atoms with Crippen LogP contribution in [0.4, 0.5) is 0 Å². The van der Waals surface area contributed by atoms with Gasteiger partial charge in [0, 0.05) is 17.3 Å². The third-order valence-electron chi connectivity index (χ3n) is 1.93. The molecule has 0 saturated carbocycles. The van der Waals surface area contributed by atoms with Crippen LogP contribution in [0.15, 0.2) is 46.6 Å². The number of nitrogen functional groups attached to an aromatic ring is 1. The molecular weight excluding hydrogens is 256 g/mol. The molecular formula is C11H9ClN4S. The summed E-state index contributed by atoms with van der Waals surface area (Å²) in [6.07, 6.45) is 3.21. The molecule has 2 rings (SSSR count). The molecule has 2 heterocycles. The van der Waals surface area contributed by atoms with E-state index >= 15 is 0 Å². The molecule has 3 N–H and O–H groups in total. The van der Waals surface area contributed by atoms with Gasteiger partial charge in [0.15, 0.2) is 0 Å². The van der Waals surface area contributed by atoms with Crippen LogP contribution in [-0.2, 0) is 0 Å². The Kier molecular flexibility index (Phi) is 3.61. The second-order valence-corrected chi connectivity index (χ2v) is 4.74.